The van der Waals surface area contributed by atoms with Crippen LogP contribution in [0, 0.1) is 0 Å². The third-order valence-electron chi connectivity index (χ3n) is 3.28. The van der Waals surface area contributed by atoms with Crippen LogP contribution in [0.5, 0.6) is 0 Å². The molecule has 2 aromatic carbocycles. The number of benzene rings is 2. The number of rotatable bonds is 4. The summed E-state index contributed by atoms with van der Waals surface area (Å²) in [7, 11) is 0. The van der Waals surface area contributed by atoms with Crippen LogP contribution >= 0.6 is 15.9 Å². The average molecular weight is 395 g/mol. The van der Waals surface area contributed by atoms with Crippen LogP contribution in [0.3, 0.4) is 0 Å². The fraction of sp³-hybridized carbons (Fsp3) is 0.200. The second-order valence-corrected chi connectivity index (χ2v) is 6.62. The van der Waals surface area contributed by atoms with Crippen molar-refractivity contribution in [3.05, 3.63) is 52.5 Å². The van der Waals surface area contributed by atoms with E-state index in [0.717, 1.165) is 27.6 Å². The van der Waals surface area contributed by atoms with Gasteiger partial charge in [0.15, 0.2) is 0 Å². The summed E-state index contributed by atoms with van der Waals surface area (Å²) < 4.78 is 10.1. The van der Waals surface area contributed by atoms with Gasteiger partial charge in [0, 0.05) is 0 Å². The molecule has 1 heterocycles. The number of halogens is 1. The second kappa shape index (κ2) is 6.08. The van der Waals surface area contributed by atoms with Gasteiger partial charge in [-0.05, 0) is 0 Å². The zero-order valence-corrected chi connectivity index (χ0v) is 14.3. The van der Waals surface area contributed by atoms with Crippen LogP contribution in [0.4, 0.5) is 5.69 Å². The zero-order valence-electron chi connectivity index (χ0n) is 11.0. The standard InChI is InChI=1S/C15H14BrN3Se/c1-2-12(10-5-3-6-11(16)9-10)17-13-7-4-8-14-15(13)19-20-18-14/h3-9,12,17H,2H2,1H3. The molecule has 0 aliphatic heterocycles. The van der Waals surface area contributed by atoms with E-state index in [1.165, 1.54) is 5.56 Å². The van der Waals surface area contributed by atoms with E-state index < -0.39 is 0 Å². The number of aromatic nitrogens is 2. The molecule has 3 rings (SSSR count). The normalized spacial score (nSPS) is 12.5. The van der Waals surface area contributed by atoms with Crippen molar-refractivity contribution in [2.75, 3.05) is 5.32 Å². The monoisotopic (exact) mass is 395 g/mol. The molecule has 0 saturated carbocycles. The molecular formula is C15H14BrN3Se. The first-order valence-corrected chi connectivity index (χ1v) is 8.83. The van der Waals surface area contributed by atoms with E-state index in [4.69, 9.17) is 0 Å². The molecule has 0 spiro atoms. The Bertz CT molecular complexity index is 726. The van der Waals surface area contributed by atoms with Gasteiger partial charge in [-0.1, -0.05) is 0 Å². The molecule has 0 fully saturated rings. The predicted octanol–water partition coefficient (Wildman–Crippen LogP) is 4.01. The summed E-state index contributed by atoms with van der Waals surface area (Å²) in [4.78, 5) is 0. The molecule has 0 radical (unpaired) electrons. The molecule has 0 amide bonds. The van der Waals surface area contributed by atoms with Crippen molar-refractivity contribution in [1.29, 1.82) is 0 Å². The Morgan fingerprint density at radius 2 is 2.05 bits per heavy atom. The first-order valence-electron chi connectivity index (χ1n) is 6.51. The maximum absolute atomic E-state index is 4.52. The van der Waals surface area contributed by atoms with Crippen molar-refractivity contribution in [3.8, 4) is 0 Å². The predicted molar refractivity (Wildman–Crippen MR) is 87.3 cm³/mol. The Hall–Kier alpha value is -1.16. The molecule has 20 heavy (non-hydrogen) atoms. The Labute approximate surface area is 132 Å². The molecule has 1 N–H and O–H groups in total. The molecule has 3 nitrogen and oxygen atoms in total. The first kappa shape index (κ1) is 13.8. The molecule has 1 unspecified atom stereocenters. The van der Waals surface area contributed by atoms with Crippen LogP contribution < -0.4 is 5.32 Å². The first-order chi connectivity index (χ1) is 9.78. The maximum atomic E-state index is 4.52. The molecule has 1 atom stereocenters. The van der Waals surface area contributed by atoms with Crippen molar-refractivity contribution in [2.45, 2.75) is 19.4 Å². The number of hydrogen-bond donors (Lipinski definition) is 1. The molecule has 0 aliphatic rings. The zero-order chi connectivity index (χ0) is 13.9. The van der Waals surface area contributed by atoms with E-state index in [9.17, 15) is 0 Å². The van der Waals surface area contributed by atoms with Gasteiger partial charge in [0.25, 0.3) is 0 Å². The van der Waals surface area contributed by atoms with Crippen LogP contribution in [-0.4, -0.2) is 22.9 Å². The van der Waals surface area contributed by atoms with Crippen molar-refractivity contribution >= 4 is 47.6 Å². The molecular weight excluding hydrogens is 381 g/mol. The van der Waals surface area contributed by atoms with Gasteiger partial charge in [0.2, 0.25) is 0 Å². The third-order valence-corrected chi connectivity index (χ3v) is 4.91. The fourth-order valence-corrected chi connectivity index (χ4v) is 3.82. The quantitative estimate of drug-likeness (QED) is 0.679. The summed E-state index contributed by atoms with van der Waals surface area (Å²) in [5.41, 5.74) is 4.39. The van der Waals surface area contributed by atoms with Crippen LogP contribution in [0.2, 0.25) is 0 Å². The molecule has 0 aliphatic carbocycles. The van der Waals surface area contributed by atoms with Crippen molar-refractivity contribution < 1.29 is 0 Å². The van der Waals surface area contributed by atoms with Crippen LogP contribution in [-0.2, 0) is 0 Å². The molecule has 102 valence electrons. The van der Waals surface area contributed by atoms with Gasteiger partial charge in [-0.25, -0.2) is 0 Å². The Kier molecular flexibility index (Phi) is 4.20. The summed E-state index contributed by atoms with van der Waals surface area (Å²) in [5, 5.41) is 3.61. The minimum atomic E-state index is 0.0115. The van der Waals surface area contributed by atoms with E-state index in [1.54, 1.807) is 0 Å². The van der Waals surface area contributed by atoms with Gasteiger partial charge >= 0.3 is 133 Å². The molecule has 0 bridgehead atoms. The SMILES string of the molecule is CCC(Nc1cccc2n[se]nc12)c1cccc(Br)c1. The van der Waals surface area contributed by atoms with Gasteiger partial charge < -0.3 is 0 Å². The van der Waals surface area contributed by atoms with E-state index in [-0.39, 0.29) is 21.0 Å². The summed E-state index contributed by atoms with van der Waals surface area (Å²) in [6.45, 7) is 2.19. The summed E-state index contributed by atoms with van der Waals surface area (Å²) in [6, 6.07) is 14.9. The number of hydrogen-bond acceptors (Lipinski definition) is 3. The fourth-order valence-electron chi connectivity index (χ4n) is 2.25. The van der Waals surface area contributed by atoms with E-state index in [2.05, 4.69) is 60.4 Å². The minimum absolute atomic E-state index is 0.0115. The van der Waals surface area contributed by atoms with Gasteiger partial charge in [-0.15, -0.1) is 0 Å². The molecule has 0 saturated heterocycles. The summed E-state index contributed by atoms with van der Waals surface area (Å²) >= 11 is 3.55. The number of nitrogens with zero attached hydrogens (tertiary/aromatic N) is 2. The third kappa shape index (κ3) is 2.80. The Morgan fingerprint density at radius 1 is 1.20 bits per heavy atom. The van der Waals surface area contributed by atoms with Gasteiger partial charge in [0.05, 0.1) is 0 Å². The summed E-state index contributed by atoms with van der Waals surface area (Å²) in [6.07, 6.45) is 1.02. The van der Waals surface area contributed by atoms with E-state index >= 15 is 0 Å². The van der Waals surface area contributed by atoms with Gasteiger partial charge in [-0.3, -0.25) is 0 Å². The van der Waals surface area contributed by atoms with Crippen LogP contribution in [0.25, 0.3) is 11.0 Å². The summed E-state index contributed by atoms with van der Waals surface area (Å²) in [5.74, 6) is 0. The molecule has 1 aromatic heterocycles. The van der Waals surface area contributed by atoms with Gasteiger partial charge in [-0.2, -0.15) is 0 Å². The number of anilines is 1. The van der Waals surface area contributed by atoms with Crippen molar-refractivity contribution in [2.24, 2.45) is 0 Å². The second-order valence-electron chi connectivity index (χ2n) is 4.60. The Balaban J connectivity index is 1.93. The van der Waals surface area contributed by atoms with E-state index in [1.807, 2.05) is 18.2 Å². The number of nitrogens with one attached hydrogen (secondary N) is 1. The van der Waals surface area contributed by atoms with Crippen molar-refractivity contribution in [1.82, 2.24) is 7.96 Å². The number of fused-ring (bicyclic) bond motifs is 1. The molecule has 3 aromatic rings. The van der Waals surface area contributed by atoms with Crippen molar-refractivity contribution in [3.63, 3.8) is 0 Å². The topological polar surface area (TPSA) is 37.8 Å². The van der Waals surface area contributed by atoms with Gasteiger partial charge in [0.1, 0.15) is 0 Å². The van der Waals surface area contributed by atoms with Crippen LogP contribution in [0.1, 0.15) is 24.9 Å². The van der Waals surface area contributed by atoms with E-state index in [0.29, 0.717) is 0 Å². The average Bonchev–Trinajstić information content (AvgIpc) is 2.94. The van der Waals surface area contributed by atoms with Crippen LogP contribution in [0.15, 0.2) is 46.9 Å². The Morgan fingerprint density at radius 3 is 2.85 bits per heavy atom. The molecule has 5 heteroatoms.